The molecule has 0 aliphatic carbocycles. The minimum Gasteiger partial charge on any atom is -0.457 e. The summed E-state index contributed by atoms with van der Waals surface area (Å²) >= 11 is 0. The van der Waals surface area contributed by atoms with Crippen molar-refractivity contribution in [3.63, 3.8) is 0 Å². The highest BCUT2D eigenvalue weighted by molar-refractivity contribution is 5.88. The minimum atomic E-state index is -0.218. The second kappa shape index (κ2) is 21.2. The molecule has 1 aliphatic rings. The van der Waals surface area contributed by atoms with E-state index in [2.05, 4.69) is 55.2 Å². The molecule has 13 nitrogen and oxygen atoms in total. The summed E-state index contributed by atoms with van der Waals surface area (Å²) < 4.78 is 26.0. The van der Waals surface area contributed by atoms with Crippen LogP contribution in [0.1, 0.15) is 31.4 Å². The van der Waals surface area contributed by atoms with E-state index in [9.17, 15) is 4.79 Å². The number of para-hydroxylation sites is 2. The molecule has 1 aliphatic heterocycles. The topological polar surface area (TPSA) is 142 Å². The SMILES string of the molecule is C=CC(=O)NCc1cccc(-c2cc3nccc(Oc4ccc(Oc5ccccc5)cc4)c3o2)c1.C=CC(C)N1CCC[C@@H](n2ncc3c(Nc4ccc(Oc5ccccc5)cc4)ncnc32)C1. The molecule has 4 aromatic heterocycles. The number of ether oxygens (including phenoxy) is 3. The zero-order valence-corrected chi connectivity index (χ0v) is 37.6. The number of likely N-dealkylation sites (tertiary alicyclic amines) is 1. The molecule has 9 aromatic rings. The van der Waals surface area contributed by atoms with E-state index < -0.39 is 0 Å². The quantitative estimate of drug-likeness (QED) is 0.0750. The van der Waals surface area contributed by atoms with Crippen LogP contribution in [0.3, 0.4) is 0 Å². The van der Waals surface area contributed by atoms with Crippen LogP contribution in [0.5, 0.6) is 34.5 Å². The monoisotopic (exact) mass is 902 g/mol. The Kier molecular flexibility index (Phi) is 13.9. The van der Waals surface area contributed by atoms with Gasteiger partial charge in [-0.15, -0.1) is 6.58 Å². The smallest absolute Gasteiger partial charge is 0.243 e. The lowest BCUT2D eigenvalue weighted by Crippen LogP contribution is -2.41. The van der Waals surface area contributed by atoms with Crippen molar-refractivity contribution < 1.29 is 23.4 Å². The molecular formula is C55H50N8O5. The normalized spacial score (nSPS) is 14.0. The van der Waals surface area contributed by atoms with E-state index in [0.29, 0.717) is 46.7 Å². The number of pyridine rings is 1. The van der Waals surface area contributed by atoms with Crippen LogP contribution in [0, 0.1) is 0 Å². The highest BCUT2D eigenvalue weighted by Gasteiger charge is 2.26. The van der Waals surface area contributed by atoms with Gasteiger partial charge in [0.15, 0.2) is 17.0 Å². The summed E-state index contributed by atoms with van der Waals surface area (Å²) in [5.41, 5.74) is 4.84. The van der Waals surface area contributed by atoms with E-state index in [1.807, 2.05) is 152 Å². The number of benzene rings is 5. The summed E-state index contributed by atoms with van der Waals surface area (Å²) in [6.07, 6.45) is 10.6. The lowest BCUT2D eigenvalue weighted by Gasteiger charge is -2.35. The highest BCUT2D eigenvalue weighted by Crippen LogP contribution is 2.36. The largest absolute Gasteiger partial charge is 0.457 e. The number of anilines is 2. The van der Waals surface area contributed by atoms with Gasteiger partial charge in [0.1, 0.15) is 52.2 Å². The number of nitrogens with one attached hydrogen (secondary N) is 2. The standard InChI is InChI=1S/C29H22N2O4.C26H28N6O/c1-2-28(32)31-19-20-7-6-8-21(17-20)27-18-25-29(35-27)26(15-16-30-25)34-24-13-11-23(12-14-24)33-22-9-4-3-5-10-22;1-3-19(2)31-15-7-8-21(17-31)32-26-24(16-29-32)25(27-18-28-26)30-20-11-13-23(14-12-20)33-22-9-5-4-6-10-22/h2-18H,1,19H2,(H,31,32);3-6,9-14,16,18-19,21H,1,7-8,15,17H2,2H3,(H,27,28,30)/t;19?,21-/m.1/s1. The molecular weight excluding hydrogens is 853 g/mol. The van der Waals surface area contributed by atoms with Gasteiger partial charge in [-0.2, -0.15) is 5.10 Å². The van der Waals surface area contributed by atoms with Gasteiger partial charge in [-0.25, -0.2) is 14.6 Å². The molecule has 1 amide bonds. The number of carbonyl (C=O) groups is 1. The summed E-state index contributed by atoms with van der Waals surface area (Å²) in [6, 6.07) is 46.6. The number of fused-ring (bicyclic) bond motifs is 2. The fraction of sp³-hybridized carbons (Fsp3) is 0.145. The van der Waals surface area contributed by atoms with Gasteiger partial charge >= 0.3 is 0 Å². The fourth-order valence-electron chi connectivity index (χ4n) is 7.86. The lowest BCUT2D eigenvalue weighted by atomic mass is 10.0. The summed E-state index contributed by atoms with van der Waals surface area (Å²) in [6.45, 7) is 12.0. The van der Waals surface area contributed by atoms with Gasteiger partial charge in [0.25, 0.3) is 0 Å². The Morgan fingerprint density at radius 2 is 1.47 bits per heavy atom. The van der Waals surface area contributed by atoms with Crippen molar-refractivity contribution in [3.05, 3.63) is 195 Å². The van der Waals surface area contributed by atoms with Crippen LogP contribution in [0.2, 0.25) is 0 Å². The maximum atomic E-state index is 11.5. The van der Waals surface area contributed by atoms with Crippen molar-refractivity contribution in [2.75, 3.05) is 18.4 Å². The summed E-state index contributed by atoms with van der Waals surface area (Å²) in [7, 11) is 0. The molecule has 2 atom stereocenters. The van der Waals surface area contributed by atoms with Crippen molar-refractivity contribution in [2.24, 2.45) is 0 Å². The molecule has 0 radical (unpaired) electrons. The molecule has 13 heteroatoms. The number of aromatic nitrogens is 5. The van der Waals surface area contributed by atoms with E-state index in [1.165, 1.54) is 6.08 Å². The molecule has 5 aromatic carbocycles. The number of hydrogen-bond acceptors (Lipinski definition) is 11. The van der Waals surface area contributed by atoms with Crippen molar-refractivity contribution in [1.29, 1.82) is 0 Å². The first kappa shape index (κ1) is 44.6. The third kappa shape index (κ3) is 10.9. The molecule has 10 rings (SSSR count). The molecule has 68 heavy (non-hydrogen) atoms. The molecule has 1 unspecified atom stereocenters. The Bertz CT molecular complexity index is 3120. The van der Waals surface area contributed by atoms with Crippen LogP contribution in [-0.2, 0) is 11.3 Å². The third-order valence-electron chi connectivity index (χ3n) is 11.4. The van der Waals surface area contributed by atoms with Gasteiger partial charge in [0.2, 0.25) is 5.91 Å². The van der Waals surface area contributed by atoms with Crippen molar-refractivity contribution >= 4 is 39.5 Å². The number of nitrogens with zero attached hydrogens (tertiary/aromatic N) is 6. The van der Waals surface area contributed by atoms with Gasteiger partial charge in [-0.1, -0.05) is 67.3 Å². The Balaban J connectivity index is 0.000000170. The highest BCUT2D eigenvalue weighted by atomic mass is 16.5. The number of amides is 1. The van der Waals surface area contributed by atoms with Crippen LogP contribution >= 0.6 is 0 Å². The Labute approximate surface area is 394 Å². The van der Waals surface area contributed by atoms with Crippen LogP contribution in [-0.4, -0.2) is 54.7 Å². The summed E-state index contributed by atoms with van der Waals surface area (Å²) in [5, 5.41) is 11.8. The Hall–Kier alpha value is -8.55. The van der Waals surface area contributed by atoms with E-state index >= 15 is 0 Å². The van der Waals surface area contributed by atoms with Crippen molar-refractivity contribution in [1.82, 2.24) is 34.9 Å². The van der Waals surface area contributed by atoms with E-state index in [-0.39, 0.29) is 11.9 Å². The first-order valence-electron chi connectivity index (χ1n) is 22.4. The predicted molar refractivity (Wildman–Crippen MR) is 266 cm³/mol. The summed E-state index contributed by atoms with van der Waals surface area (Å²) in [4.78, 5) is 27.4. The molecule has 2 N–H and O–H groups in total. The van der Waals surface area contributed by atoms with Gasteiger partial charge in [-0.05, 0) is 117 Å². The summed E-state index contributed by atoms with van der Waals surface area (Å²) in [5.74, 6) is 5.48. The van der Waals surface area contributed by atoms with Gasteiger partial charge in [0.05, 0.1) is 17.6 Å². The van der Waals surface area contributed by atoms with Gasteiger partial charge < -0.3 is 29.3 Å². The van der Waals surface area contributed by atoms with Crippen LogP contribution in [0.4, 0.5) is 11.5 Å². The Morgan fingerprint density at radius 1 is 0.794 bits per heavy atom. The lowest BCUT2D eigenvalue weighted by molar-refractivity contribution is -0.116. The minimum absolute atomic E-state index is 0.218. The molecule has 1 fully saturated rings. The van der Waals surface area contributed by atoms with E-state index in [4.69, 9.17) is 23.7 Å². The fourth-order valence-corrected chi connectivity index (χ4v) is 7.86. The first-order valence-corrected chi connectivity index (χ1v) is 22.4. The van der Waals surface area contributed by atoms with Crippen LogP contribution < -0.4 is 24.8 Å². The van der Waals surface area contributed by atoms with Crippen molar-refractivity contribution in [2.45, 2.75) is 38.4 Å². The van der Waals surface area contributed by atoms with E-state index in [0.717, 1.165) is 76.8 Å². The second-order valence-electron chi connectivity index (χ2n) is 16.1. The maximum Gasteiger partial charge on any atom is 0.243 e. The van der Waals surface area contributed by atoms with Gasteiger partial charge in [0, 0.05) is 48.7 Å². The molecule has 5 heterocycles. The van der Waals surface area contributed by atoms with Crippen LogP contribution in [0.25, 0.3) is 33.5 Å². The zero-order valence-electron chi connectivity index (χ0n) is 37.6. The van der Waals surface area contributed by atoms with Crippen LogP contribution in [0.15, 0.2) is 194 Å². The average Bonchev–Trinajstić information content (AvgIpc) is 4.04. The average molecular weight is 903 g/mol. The molecule has 1 saturated heterocycles. The Morgan fingerprint density at radius 3 is 2.16 bits per heavy atom. The first-order chi connectivity index (χ1) is 33.4. The van der Waals surface area contributed by atoms with Crippen molar-refractivity contribution in [3.8, 4) is 45.8 Å². The number of hydrogen-bond donors (Lipinski definition) is 2. The number of furan rings is 1. The maximum absolute atomic E-state index is 11.5. The zero-order chi connectivity index (χ0) is 46.7. The molecule has 0 bridgehead atoms. The number of rotatable bonds is 15. The number of piperidine rings is 1. The van der Waals surface area contributed by atoms with E-state index in [1.54, 1.807) is 18.6 Å². The second-order valence-corrected chi connectivity index (χ2v) is 16.1. The third-order valence-corrected chi connectivity index (χ3v) is 11.4. The molecule has 0 spiro atoms. The molecule has 0 saturated carbocycles. The predicted octanol–water partition coefficient (Wildman–Crippen LogP) is 12.5. The van der Waals surface area contributed by atoms with Gasteiger partial charge in [-0.3, -0.25) is 14.7 Å². The number of carbonyl (C=O) groups excluding carboxylic acids is 1. The molecule has 340 valence electrons.